The summed E-state index contributed by atoms with van der Waals surface area (Å²) in [6.07, 6.45) is 10.1. The van der Waals surface area contributed by atoms with E-state index in [4.69, 9.17) is 0 Å². The fourth-order valence-corrected chi connectivity index (χ4v) is 4.19. The Morgan fingerprint density at radius 2 is 1.64 bits per heavy atom. The standard InChI is InChI=1S/C21H25FN2.C4H8/c22-19-9-7-17(8-10-19)16-24-14-12-21(13-15-24)11-3-5-18-4-1-2-6-20(18)23-21;1-3-4-2/h1-2,4,6-10,23H,3,5,11-16H2;3-4H,1-2H3/b;4-3-. The lowest BCUT2D eigenvalue weighted by molar-refractivity contribution is 0.160. The van der Waals surface area contributed by atoms with Gasteiger partial charge in [-0.25, -0.2) is 4.39 Å². The second-order valence-corrected chi connectivity index (χ2v) is 7.99. The van der Waals surface area contributed by atoms with Crippen molar-refractivity contribution < 1.29 is 4.39 Å². The van der Waals surface area contributed by atoms with Crippen LogP contribution in [0.2, 0.25) is 0 Å². The SMILES string of the molecule is C/C=C\C.Fc1ccc(CN2CCC3(CCCc4ccccc4N3)CC2)cc1. The monoisotopic (exact) mass is 380 g/mol. The fourth-order valence-electron chi connectivity index (χ4n) is 4.19. The van der Waals surface area contributed by atoms with E-state index in [1.807, 2.05) is 38.1 Å². The van der Waals surface area contributed by atoms with Crippen molar-refractivity contribution in [2.75, 3.05) is 18.4 Å². The summed E-state index contributed by atoms with van der Waals surface area (Å²) in [7, 11) is 0. The van der Waals surface area contributed by atoms with Crippen LogP contribution in [0.1, 0.15) is 50.7 Å². The zero-order chi connectivity index (χ0) is 19.8. The highest BCUT2D eigenvalue weighted by Crippen LogP contribution is 2.36. The summed E-state index contributed by atoms with van der Waals surface area (Å²) >= 11 is 0. The summed E-state index contributed by atoms with van der Waals surface area (Å²) in [4.78, 5) is 2.50. The van der Waals surface area contributed by atoms with Crippen LogP contribution in [-0.4, -0.2) is 23.5 Å². The van der Waals surface area contributed by atoms with Crippen molar-refractivity contribution in [1.82, 2.24) is 4.90 Å². The van der Waals surface area contributed by atoms with Crippen LogP contribution < -0.4 is 5.32 Å². The van der Waals surface area contributed by atoms with Gasteiger partial charge in [-0.15, -0.1) is 0 Å². The number of para-hydroxylation sites is 1. The van der Waals surface area contributed by atoms with E-state index in [1.165, 1.54) is 48.9 Å². The summed E-state index contributed by atoms with van der Waals surface area (Å²) in [5, 5.41) is 3.89. The normalized spacial score (nSPS) is 18.7. The summed E-state index contributed by atoms with van der Waals surface area (Å²) < 4.78 is 13.0. The quantitative estimate of drug-likeness (QED) is 0.625. The van der Waals surface area contributed by atoms with E-state index in [-0.39, 0.29) is 11.4 Å². The second kappa shape index (κ2) is 9.88. The van der Waals surface area contributed by atoms with E-state index in [2.05, 4.69) is 34.5 Å². The second-order valence-electron chi connectivity index (χ2n) is 7.99. The molecule has 2 heterocycles. The van der Waals surface area contributed by atoms with Crippen molar-refractivity contribution in [3.05, 3.63) is 77.6 Å². The summed E-state index contributed by atoms with van der Waals surface area (Å²) in [6.45, 7) is 7.13. The van der Waals surface area contributed by atoms with Gasteiger partial charge in [-0.1, -0.05) is 42.5 Å². The number of fused-ring (bicyclic) bond motifs is 1. The Morgan fingerprint density at radius 1 is 0.964 bits per heavy atom. The average Bonchev–Trinajstić information content (AvgIpc) is 2.91. The lowest BCUT2D eigenvalue weighted by Gasteiger charge is -2.42. The molecule has 0 saturated carbocycles. The number of aryl methyl sites for hydroxylation is 1. The predicted molar refractivity (Wildman–Crippen MR) is 117 cm³/mol. The molecule has 0 bridgehead atoms. The van der Waals surface area contributed by atoms with E-state index in [9.17, 15) is 4.39 Å². The van der Waals surface area contributed by atoms with Gasteiger partial charge in [0.2, 0.25) is 0 Å². The summed E-state index contributed by atoms with van der Waals surface area (Å²) in [5.74, 6) is -0.155. The van der Waals surface area contributed by atoms with Crippen LogP contribution in [0, 0.1) is 5.82 Å². The number of likely N-dealkylation sites (tertiary alicyclic amines) is 1. The maximum absolute atomic E-state index is 13.0. The molecule has 1 fully saturated rings. The van der Waals surface area contributed by atoms with Gasteiger partial charge in [-0.3, -0.25) is 4.90 Å². The minimum atomic E-state index is -0.155. The minimum Gasteiger partial charge on any atom is -0.379 e. The molecule has 2 aliphatic heterocycles. The molecular formula is C25H33FN2. The van der Waals surface area contributed by atoms with Crippen LogP contribution in [0.3, 0.4) is 0 Å². The van der Waals surface area contributed by atoms with Crippen LogP contribution >= 0.6 is 0 Å². The van der Waals surface area contributed by atoms with Crippen LogP contribution in [0.15, 0.2) is 60.7 Å². The Balaban J connectivity index is 0.000000516. The number of piperidine rings is 1. The van der Waals surface area contributed by atoms with E-state index < -0.39 is 0 Å². The third-order valence-corrected chi connectivity index (χ3v) is 5.98. The first-order chi connectivity index (χ1) is 13.6. The van der Waals surface area contributed by atoms with Crippen LogP contribution in [0.4, 0.5) is 10.1 Å². The number of hydrogen-bond donors (Lipinski definition) is 1. The fraction of sp³-hybridized carbons (Fsp3) is 0.440. The molecule has 0 aliphatic carbocycles. The average molecular weight is 381 g/mol. The van der Waals surface area contributed by atoms with Gasteiger partial charge in [0.15, 0.2) is 0 Å². The molecule has 0 amide bonds. The van der Waals surface area contributed by atoms with Crippen molar-refractivity contribution in [2.24, 2.45) is 0 Å². The van der Waals surface area contributed by atoms with Crippen LogP contribution in [-0.2, 0) is 13.0 Å². The van der Waals surface area contributed by atoms with Gasteiger partial charge in [0.05, 0.1) is 0 Å². The highest BCUT2D eigenvalue weighted by atomic mass is 19.1. The topological polar surface area (TPSA) is 15.3 Å². The van der Waals surface area contributed by atoms with Gasteiger partial charge in [-0.2, -0.15) is 0 Å². The summed E-state index contributed by atoms with van der Waals surface area (Å²) in [5.41, 5.74) is 4.25. The van der Waals surface area contributed by atoms with E-state index >= 15 is 0 Å². The van der Waals surface area contributed by atoms with Crippen molar-refractivity contribution in [3.8, 4) is 0 Å². The predicted octanol–water partition coefficient (Wildman–Crippen LogP) is 6.19. The van der Waals surface area contributed by atoms with Gasteiger partial charge in [0.1, 0.15) is 5.82 Å². The largest absolute Gasteiger partial charge is 0.379 e. The first-order valence-corrected chi connectivity index (χ1v) is 10.5. The van der Waals surface area contributed by atoms with E-state index in [0.717, 1.165) is 19.6 Å². The van der Waals surface area contributed by atoms with Gasteiger partial charge in [-0.05, 0) is 75.3 Å². The van der Waals surface area contributed by atoms with Gasteiger partial charge >= 0.3 is 0 Å². The van der Waals surface area contributed by atoms with Gasteiger partial charge in [0.25, 0.3) is 0 Å². The first-order valence-electron chi connectivity index (χ1n) is 10.5. The van der Waals surface area contributed by atoms with Crippen molar-refractivity contribution in [3.63, 3.8) is 0 Å². The molecule has 1 spiro atoms. The number of nitrogens with one attached hydrogen (secondary N) is 1. The Bertz CT molecular complexity index is 754. The molecule has 1 N–H and O–H groups in total. The van der Waals surface area contributed by atoms with E-state index in [0.29, 0.717) is 0 Å². The van der Waals surface area contributed by atoms with Gasteiger partial charge in [0, 0.05) is 30.9 Å². The van der Waals surface area contributed by atoms with Crippen molar-refractivity contribution >= 4 is 5.69 Å². The van der Waals surface area contributed by atoms with E-state index in [1.54, 1.807) is 12.1 Å². The molecule has 150 valence electrons. The van der Waals surface area contributed by atoms with Crippen molar-refractivity contribution in [1.29, 1.82) is 0 Å². The molecular weight excluding hydrogens is 347 g/mol. The molecule has 28 heavy (non-hydrogen) atoms. The molecule has 0 atom stereocenters. The highest BCUT2D eigenvalue weighted by molar-refractivity contribution is 5.54. The molecule has 1 saturated heterocycles. The zero-order valence-corrected chi connectivity index (χ0v) is 17.3. The molecule has 4 rings (SSSR count). The number of nitrogens with zero attached hydrogens (tertiary/aromatic N) is 1. The number of halogens is 1. The summed E-state index contributed by atoms with van der Waals surface area (Å²) in [6, 6.07) is 15.7. The molecule has 0 radical (unpaired) electrons. The Labute approximate surface area is 169 Å². The number of rotatable bonds is 2. The Kier molecular flexibility index (Phi) is 7.27. The Hall–Kier alpha value is -2.13. The molecule has 3 heteroatoms. The van der Waals surface area contributed by atoms with Crippen molar-refractivity contribution in [2.45, 2.75) is 58.0 Å². The molecule has 2 aromatic rings. The molecule has 0 aromatic heterocycles. The lowest BCUT2D eigenvalue weighted by atomic mass is 9.83. The van der Waals surface area contributed by atoms with Gasteiger partial charge < -0.3 is 5.32 Å². The number of benzene rings is 2. The van der Waals surface area contributed by atoms with Crippen LogP contribution in [0.25, 0.3) is 0 Å². The molecule has 0 unspecified atom stereocenters. The Morgan fingerprint density at radius 3 is 2.32 bits per heavy atom. The van der Waals surface area contributed by atoms with Crippen LogP contribution in [0.5, 0.6) is 0 Å². The first kappa shape index (κ1) is 20.6. The maximum Gasteiger partial charge on any atom is 0.123 e. The number of anilines is 1. The molecule has 2 aliphatic rings. The third kappa shape index (κ3) is 5.45. The maximum atomic E-state index is 13.0. The third-order valence-electron chi connectivity index (χ3n) is 5.98. The highest BCUT2D eigenvalue weighted by Gasteiger charge is 2.35. The molecule has 2 aromatic carbocycles. The molecule has 2 nitrogen and oxygen atoms in total. The number of hydrogen-bond acceptors (Lipinski definition) is 2. The zero-order valence-electron chi connectivity index (χ0n) is 17.3. The smallest absolute Gasteiger partial charge is 0.123 e. The lowest BCUT2D eigenvalue weighted by Crippen LogP contribution is -2.48. The number of allylic oxidation sites excluding steroid dienone is 2. The minimum absolute atomic E-state index is 0.155.